The SMILES string of the molecule is CN(C)c1ccc(N2C(=O)CSC2c2cccc(NC(=O)c3ccc(F)cc3)c2)cc1. The second kappa shape index (κ2) is 8.81. The molecule has 1 N–H and O–H groups in total. The molecule has 0 aliphatic carbocycles. The molecular weight excluding hydrogens is 413 g/mol. The summed E-state index contributed by atoms with van der Waals surface area (Å²) in [6.07, 6.45) is 0. The van der Waals surface area contributed by atoms with Crippen molar-refractivity contribution in [3.8, 4) is 0 Å². The lowest BCUT2D eigenvalue weighted by Crippen LogP contribution is -2.27. The molecule has 1 unspecified atom stereocenters. The fraction of sp³-hybridized carbons (Fsp3) is 0.167. The quantitative estimate of drug-likeness (QED) is 0.618. The van der Waals surface area contributed by atoms with E-state index >= 15 is 0 Å². The van der Waals surface area contributed by atoms with E-state index in [-0.39, 0.29) is 23.0 Å². The Labute approximate surface area is 184 Å². The molecule has 0 bridgehead atoms. The molecule has 0 radical (unpaired) electrons. The summed E-state index contributed by atoms with van der Waals surface area (Å²) in [5, 5.41) is 2.67. The molecule has 1 fully saturated rings. The summed E-state index contributed by atoms with van der Waals surface area (Å²) in [6.45, 7) is 0. The van der Waals surface area contributed by atoms with Crippen molar-refractivity contribution in [2.45, 2.75) is 5.37 Å². The molecule has 2 amide bonds. The Hall–Kier alpha value is -3.32. The van der Waals surface area contributed by atoms with E-state index in [4.69, 9.17) is 0 Å². The number of halogens is 1. The lowest BCUT2D eigenvalue weighted by molar-refractivity contribution is -0.115. The third-order valence-electron chi connectivity index (χ3n) is 5.05. The van der Waals surface area contributed by atoms with Crippen LogP contribution in [0.15, 0.2) is 72.8 Å². The van der Waals surface area contributed by atoms with Crippen molar-refractivity contribution >= 4 is 40.6 Å². The van der Waals surface area contributed by atoms with Gasteiger partial charge in [0.25, 0.3) is 5.91 Å². The van der Waals surface area contributed by atoms with E-state index in [1.54, 1.807) is 22.7 Å². The van der Waals surface area contributed by atoms with Gasteiger partial charge in [0, 0.05) is 36.7 Å². The van der Waals surface area contributed by atoms with E-state index in [2.05, 4.69) is 5.32 Å². The highest BCUT2D eigenvalue weighted by Gasteiger charge is 2.34. The van der Waals surface area contributed by atoms with Crippen LogP contribution >= 0.6 is 11.8 Å². The van der Waals surface area contributed by atoms with Crippen molar-refractivity contribution in [1.29, 1.82) is 0 Å². The third-order valence-corrected chi connectivity index (χ3v) is 6.26. The first-order valence-corrected chi connectivity index (χ1v) is 10.9. The van der Waals surface area contributed by atoms with Gasteiger partial charge in [0.1, 0.15) is 11.2 Å². The molecule has 1 saturated heterocycles. The zero-order valence-corrected chi connectivity index (χ0v) is 18.0. The predicted octanol–water partition coefficient (Wildman–Crippen LogP) is 4.92. The molecule has 0 saturated carbocycles. The monoisotopic (exact) mass is 435 g/mol. The average molecular weight is 436 g/mol. The van der Waals surface area contributed by atoms with Gasteiger partial charge in [-0.15, -0.1) is 11.8 Å². The summed E-state index contributed by atoms with van der Waals surface area (Å²) in [7, 11) is 3.95. The molecule has 1 aliphatic heterocycles. The molecule has 1 aliphatic rings. The van der Waals surface area contributed by atoms with Crippen LogP contribution in [0.4, 0.5) is 21.5 Å². The second-order valence-corrected chi connectivity index (χ2v) is 8.49. The molecule has 1 heterocycles. The number of carbonyl (C=O) groups is 2. The molecular formula is C24H22FN3O2S. The maximum absolute atomic E-state index is 13.1. The number of amides is 2. The highest BCUT2D eigenvalue weighted by atomic mass is 32.2. The van der Waals surface area contributed by atoms with E-state index in [1.807, 2.05) is 61.5 Å². The van der Waals surface area contributed by atoms with E-state index < -0.39 is 0 Å². The molecule has 1 atom stereocenters. The van der Waals surface area contributed by atoms with Gasteiger partial charge >= 0.3 is 0 Å². The molecule has 31 heavy (non-hydrogen) atoms. The summed E-state index contributed by atoms with van der Waals surface area (Å²) < 4.78 is 13.1. The minimum Gasteiger partial charge on any atom is -0.378 e. The summed E-state index contributed by atoms with van der Waals surface area (Å²) in [6, 6.07) is 20.7. The highest BCUT2D eigenvalue weighted by Crippen LogP contribution is 2.42. The van der Waals surface area contributed by atoms with Crippen molar-refractivity contribution in [2.24, 2.45) is 0 Å². The second-order valence-electron chi connectivity index (χ2n) is 7.42. The number of thioether (sulfide) groups is 1. The molecule has 0 aromatic heterocycles. The molecule has 7 heteroatoms. The molecule has 4 rings (SSSR count). The highest BCUT2D eigenvalue weighted by molar-refractivity contribution is 8.00. The maximum Gasteiger partial charge on any atom is 0.255 e. The first-order valence-electron chi connectivity index (χ1n) is 9.80. The van der Waals surface area contributed by atoms with Gasteiger partial charge in [0.2, 0.25) is 5.91 Å². The largest absolute Gasteiger partial charge is 0.378 e. The summed E-state index contributed by atoms with van der Waals surface area (Å²) >= 11 is 1.55. The Kier molecular flexibility index (Phi) is 5.95. The first kappa shape index (κ1) is 20.9. The Balaban J connectivity index is 1.56. The number of nitrogens with one attached hydrogen (secondary N) is 1. The van der Waals surface area contributed by atoms with Gasteiger partial charge in [-0.1, -0.05) is 12.1 Å². The molecule has 5 nitrogen and oxygen atoms in total. The van der Waals surface area contributed by atoms with Gasteiger partial charge in [0.05, 0.1) is 5.75 Å². The van der Waals surface area contributed by atoms with Crippen LogP contribution in [-0.2, 0) is 4.79 Å². The summed E-state index contributed by atoms with van der Waals surface area (Å²) in [5.74, 6) is -0.260. The number of hydrogen-bond acceptors (Lipinski definition) is 4. The van der Waals surface area contributed by atoms with Gasteiger partial charge in [-0.05, 0) is 66.2 Å². The molecule has 0 spiro atoms. The zero-order chi connectivity index (χ0) is 22.0. The van der Waals surface area contributed by atoms with E-state index in [9.17, 15) is 14.0 Å². The minimum absolute atomic E-state index is 0.0494. The number of hydrogen-bond donors (Lipinski definition) is 1. The number of rotatable bonds is 5. The lowest BCUT2D eigenvalue weighted by atomic mass is 10.1. The molecule has 3 aromatic rings. The van der Waals surface area contributed by atoms with Crippen LogP contribution in [0.25, 0.3) is 0 Å². The standard InChI is InChI=1S/C24H22FN3O2S/c1-27(2)20-10-12-21(13-11-20)28-22(29)15-31-24(28)17-4-3-5-19(14-17)26-23(30)16-6-8-18(25)9-7-16/h3-14,24H,15H2,1-2H3,(H,26,30). The van der Waals surface area contributed by atoms with E-state index in [0.717, 1.165) is 16.9 Å². The van der Waals surface area contributed by atoms with Gasteiger partial charge in [-0.3, -0.25) is 14.5 Å². The smallest absolute Gasteiger partial charge is 0.255 e. The van der Waals surface area contributed by atoms with Gasteiger partial charge in [0.15, 0.2) is 0 Å². The summed E-state index contributed by atoms with van der Waals surface area (Å²) in [4.78, 5) is 28.9. The van der Waals surface area contributed by atoms with Crippen molar-refractivity contribution < 1.29 is 14.0 Å². The van der Waals surface area contributed by atoms with Crippen molar-refractivity contribution in [3.63, 3.8) is 0 Å². The van der Waals surface area contributed by atoms with Gasteiger partial charge in [-0.2, -0.15) is 0 Å². The molecule has 158 valence electrons. The van der Waals surface area contributed by atoms with Crippen LogP contribution in [0.2, 0.25) is 0 Å². The van der Waals surface area contributed by atoms with E-state index in [1.165, 1.54) is 24.3 Å². The Morgan fingerprint density at radius 3 is 2.45 bits per heavy atom. The van der Waals surface area contributed by atoms with Crippen LogP contribution in [-0.4, -0.2) is 31.7 Å². The topological polar surface area (TPSA) is 52.6 Å². The fourth-order valence-corrected chi connectivity index (χ4v) is 4.60. The van der Waals surface area contributed by atoms with Crippen LogP contribution in [0.3, 0.4) is 0 Å². The van der Waals surface area contributed by atoms with E-state index in [0.29, 0.717) is 17.0 Å². The zero-order valence-electron chi connectivity index (χ0n) is 17.2. The predicted molar refractivity (Wildman–Crippen MR) is 124 cm³/mol. The number of carbonyl (C=O) groups excluding carboxylic acids is 2. The Morgan fingerprint density at radius 1 is 1.06 bits per heavy atom. The number of nitrogens with zero attached hydrogens (tertiary/aromatic N) is 2. The molecule has 3 aromatic carbocycles. The van der Waals surface area contributed by atoms with Crippen molar-refractivity contribution in [2.75, 3.05) is 35.0 Å². The van der Waals surface area contributed by atoms with Crippen molar-refractivity contribution in [1.82, 2.24) is 0 Å². The van der Waals surface area contributed by atoms with Gasteiger partial charge in [-0.25, -0.2) is 4.39 Å². The lowest BCUT2D eigenvalue weighted by Gasteiger charge is -2.25. The average Bonchev–Trinajstić information content (AvgIpc) is 3.16. The fourth-order valence-electron chi connectivity index (χ4n) is 3.44. The number of anilines is 3. The van der Waals surface area contributed by atoms with Gasteiger partial charge < -0.3 is 10.2 Å². The van der Waals surface area contributed by atoms with Crippen LogP contribution in [0, 0.1) is 5.82 Å². The van der Waals surface area contributed by atoms with Crippen LogP contribution in [0.5, 0.6) is 0 Å². The Morgan fingerprint density at radius 2 is 1.77 bits per heavy atom. The normalized spacial score (nSPS) is 15.8. The first-order chi connectivity index (χ1) is 14.9. The maximum atomic E-state index is 13.1. The van der Waals surface area contributed by atoms with Crippen LogP contribution in [0.1, 0.15) is 21.3 Å². The third kappa shape index (κ3) is 4.56. The van der Waals surface area contributed by atoms with Crippen molar-refractivity contribution in [3.05, 3.63) is 89.7 Å². The Bertz CT molecular complexity index is 1100. The number of benzene rings is 3. The minimum atomic E-state index is -0.389. The van der Waals surface area contributed by atoms with Crippen LogP contribution < -0.4 is 15.1 Å². The summed E-state index contributed by atoms with van der Waals surface area (Å²) in [5.41, 5.74) is 3.82.